The van der Waals surface area contributed by atoms with E-state index in [1.54, 1.807) is 0 Å². The fraction of sp³-hybridized carbons (Fsp3) is 0. The van der Waals surface area contributed by atoms with Crippen LogP contribution >= 0.6 is 0 Å². The van der Waals surface area contributed by atoms with Gasteiger partial charge in [-0.15, -0.1) is 30.6 Å². The Balaban J connectivity index is 0.000000107. The molecule has 22 aromatic carbocycles. The maximum absolute atomic E-state index is 5.06. The van der Waals surface area contributed by atoms with Gasteiger partial charge in [-0.1, -0.05) is 400 Å². The van der Waals surface area contributed by atoms with Gasteiger partial charge in [-0.3, -0.25) is 23.7 Å². The lowest BCUT2D eigenvalue weighted by atomic mass is 9.87. The zero-order valence-corrected chi connectivity index (χ0v) is 73.9. The second-order valence-electron chi connectivity index (χ2n) is 34.8. The molecule has 0 saturated carbocycles. The van der Waals surface area contributed by atoms with Crippen LogP contribution in [0.25, 0.3) is 260 Å². The maximum atomic E-state index is 5.06. The number of rotatable bonds is 14. The van der Waals surface area contributed by atoms with Gasteiger partial charge in [0.05, 0.1) is 22.6 Å². The molecule has 137 heavy (non-hydrogen) atoms. The van der Waals surface area contributed by atoms with E-state index in [-0.39, 0.29) is 0 Å². The van der Waals surface area contributed by atoms with Crippen LogP contribution in [0.15, 0.2) is 474 Å². The Bertz CT molecular complexity index is 9250. The average Bonchev–Trinajstić information content (AvgIpc) is 1.70. The summed E-state index contributed by atoms with van der Waals surface area (Å²) in [5.41, 5.74) is 21.6. The molecule has 0 saturated heterocycles. The van der Waals surface area contributed by atoms with Crippen LogP contribution in [-0.2, 0) is 0 Å². The molecule has 0 aliphatic heterocycles. The van der Waals surface area contributed by atoms with Crippen LogP contribution < -0.4 is 0 Å². The van der Waals surface area contributed by atoms with Crippen LogP contribution in [0.1, 0.15) is 0 Å². The first-order valence-corrected chi connectivity index (χ1v) is 46.1. The molecule has 6 heterocycles. The number of fused-ring (bicyclic) bond motifs is 2. The van der Waals surface area contributed by atoms with E-state index in [2.05, 4.69) is 373 Å². The number of benzene rings is 22. The highest BCUT2D eigenvalue weighted by molar-refractivity contribution is 6.30. The van der Waals surface area contributed by atoms with Gasteiger partial charge < -0.3 is 0 Å². The number of para-hydroxylation sites is 1. The first-order valence-electron chi connectivity index (χ1n) is 46.1. The SMILES string of the molecule is c1ccc(-c2nnc(-c3ccccc3)n2-c2ccc(-c3ccc4ccc5c(-c6cc7ccccc7cn6)ccc6ccc3c4c65)cc2)cc1.c1ccc(-c2nnc(-c3ccccc3)n2-c2ccc(-c3ccc4ccc5c(-c6cccnc6)ccc6ccc3c4c65)cc2)cc1.c1ccc(-c2nnc(-c3ccccc3)n2-c2ccc3ccc4c(-c5ccc6ccccc6n5)ccc5ccc2c3c54)cc1. The molecule has 0 unspecified atom stereocenters. The van der Waals surface area contributed by atoms with Gasteiger partial charge in [0.1, 0.15) is 0 Å². The normalized spacial score (nSPS) is 11.6. The van der Waals surface area contributed by atoms with Crippen LogP contribution in [0.5, 0.6) is 0 Å². The summed E-state index contributed by atoms with van der Waals surface area (Å²) in [6.45, 7) is 0. The average molecular weight is 1750 g/mol. The predicted octanol–water partition coefficient (Wildman–Crippen LogP) is 31.3. The lowest BCUT2D eigenvalue weighted by Gasteiger charge is -2.18. The van der Waals surface area contributed by atoms with Crippen molar-refractivity contribution >= 4 is 119 Å². The van der Waals surface area contributed by atoms with Crippen molar-refractivity contribution in [2.24, 2.45) is 0 Å². The summed E-state index contributed by atoms with van der Waals surface area (Å²) >= 11 is 0. The van der Waals surface area contributed by atoms with Gasteiger partial charge in [0, 0.05) is 96.2 Å². The molecule has 12 heteroatoms. The van der Waals surface area contributed by atoms with Gasteiger partial charge in [0.25, 0.3) is 0 Å². The zero-order chi connectivity index (χ0) is 90.4. The zero-order valence-electron chi connectivity index (χ0n) is 73.9. The van der Waals surface area contributed by atoms with Crippen molar-refractivity contribution in [3.05, 3.63) is 474 Å². The van der Waals surface area contributed by atoms with Gasteiger partial charge in [-0.25, -0.2) is 4.98 Å². The molecule has 0 amide bonds. The molecular weight excluding hydrogens is 1670 g/mol. The molecule has 638 valence electrons. The van der Waals surface area contributed by atoms with E-state index in [0.29, 0.717) is 0 Å². The summed E-state index contributed by atoms with van der Waals surface area (Å²) in [7, 11) is 0. The van der Waals surface area contributed by atoms with Crippen molar-refractivity contribution < 1.29 is 0 Å². The van der Waals surface area contributed by atoms with Gasteiger partial charge in [0.2, 0.25) is 0 Å². The molecule has 0 fully saturated rings. The molecule has 0 bridgehead atoms. The number of hydrogen-bond donors (Lipinski definition) is 0. The van der Waals surface area contributed by atoms with Gasteiger partial charge in [0.15, 0.2) is 34.9 Å². The lowest BCUT2D eigenvalue weighted by Crippen LogP contribution is -2.02. The quantitative estimate of drug-likeness (QED) is 0.0977. The molecular formula is C125H78N12. The van der Waals surface area contributed by atoms with Crippen LogP contribution in [0, 0.1) is 0 Å². The summed E-state index contributed by atoms with van der Waals surface area (Å²) in [5.74, 6) is 4.88. The molecule has 12 nitrogen and oxygen atoms in total. The summed E-state index contributed by atoms with van der Waals surface area (Å²) in [5, 5.41) is 53.9. The lowest BCUT2D eigenvalue weighted by molar-refractivity contribution is 1.07. The Hall–Kier alpha value is -18.7. The van der Waals surface area contributed by atoms with Crippen molar-refractivity contribution in [2.45, 2.75) is 0 Å². The third-order valence-electron chi connectivity index (χ3n) is 27.0. The number of aromatic nitrogens is 12. The van der Waals surface area contributed by atoms with Crippen molar-refractivity contribution in [1.82, 2.24) is 59.2 Å². The highest BCUT2D eigenvalue weighted by Gasteiger charge is 2.26. The van der Waals surface area contributed by atoms with Crippen molar-refractivity contribution in [3.8, 4) is 141 Å². The Morgan fingerprint density at radius 1 is 0.175 bits per heavy atom. The predicted molar refractivity (Wildman–Crippen MR) is 563 cm³/mol. The summed E-state index contributed by atoms with van der Waals surface area (Å²) < 4.78 is 6.52. The standard InChI is InChI=1S/C45H28N4.C41H26N4.C39H24N4/c1-3-9-32(10-4-1)44-47-48-45(33-11-5-2-6-12-33)49(44)36-21-15-29(16-22-36)37-23-17-30-20-26-40-38(24-18-31-19-25-39(37)42(30)43(31)40)41-27-34-13-7-8-14-35(34)28-46-41;1-3-8-30(9-4-1)40-43-44-41(31-10-5-2-6-11-31)45(40)33-19-13-27(14-20-33)34-21-15-28-18-24-37-35(32-12-7-25-42-26-32)22-16-29-17-23-36(34)38(28)39(29)37;1-3-10-28(11-4-1)38-41-42-39(29-12-5-2-6-13-29)43(38)35-24-19-27-16-21-31-30(20-15-26-17-22-32(35)37(27)36(26)31)34-23-18-25-9-7-8-14-33(25)40-34/h1-28H;1-26H;1-24H. The Morgan fingerprint density at radius 2 is 0.474 bits per heavy atom. The molecule has 28 rings (SSSR count). The number of nitrogens with zero attached hydrogens (tertiary/aromatic N) is 12. The second-order valence-corrected chi connectivity index (χ2v) is 34.8. The van der Waals surface area contributed by atoms with E-state index in [9.17, 15) is 0 Å². The molecule has 0 spiro atoms. The highest BCUT2D eigenvalue weighted by atomic mass is 15.3. The topological polar surface area (TPSA) is 131 Å². The smallest absolute Gasteiger partial charge is 0.168 e. The Labute approximate surface area is 787 Å². The van der Waals surface area contributed by atoms with Crippen LogP contribution in [0.3, 0.4) is 0 Å². The van der Waals surface area contributed by atoms with Crippen LogP contribution in [-0.4, -0.2) is 59.2 Å². The number of hydrogen-bond acceptors (Lipinski definition) is 9. The summed E-state index contributed by atoms with van der Waals surface area (Å²) in [6, 6.07) is 160. The second kappa shape index (κ2) is 33.3. The number of pyridine rings is 3. The van der Waals surface area contributed by atoms with E-state index >= 15 is 0 Å². The van der Waals surface area contributed by atoms with Crippen molar-refractivity contribution in [3.63, 3.8) is 0 Å². The van der Waals surface area contributed by atoms with Crippen molar-refractivity contribution in [1.29, 1.82) is 0 Å². The minimum absolute atomic E-state index is 0.812. The largest absolute Gasteiger partial charge is 0.275 e. The monoisotopic (exact) mass is 1750 g/mol. The van der Waals surface area contributed by atoms with Crippen LogP contribution in [0.2, 0.25) is 0 Å². The molecule has 0 N–H and O–H groups in total. The Kier molecular flexibility index (Phi) is 19.3. The Morgan fingerprint density at radius 3 is 0.869 bits per heavy atom. The third kappa shape index (κ3) is 13.8. The van der Waals surface area contributed by atoms with Crippen LogP contribution in [0.4, 0.5) is 0 Å². The molecule has 0 aliphatic carbocycles. The summed E-state index contributed by atoms with van der Waals surface area (Å²) in [4.78, 5) is 14.3. The first kappa shape index (κ1) is 79.3. The van der Waals surface area contributed by atoms with E-state index in [0.717, 1.165) is 141 Å². The summed E-state index contributed by atoms with van der Waals surface area (Å²) in [6.07, 6.45) is 5.75. The van der Waals surface area contributed by atoms with Gasteiger partial charge in [-0.05, 0) is 179 Å². The fourth-order valence-electron chi connectivity index (χ4n) is 20.5. The molecule has 0 aliphatic rings. The fourth-order valence-corrected chi connectivity index (χ4v) is 20.5. The minimum Gasteiger partial charge on any atom is -0.275 e. The van der Waals surface area contributed by atoms with Gasteiger partial charge in [-0.2, -0.15) is 0 Å². The molecule has 28 aromatic rings. The highest BCUT2D eigenvalue weighted by Crippen LogP contribution is 2.48. The molecule has 6 aromatic heterocycles. The minimum atomic E-state index is 0.812. The first-order chi connectivity index (χ1) is 68.0. The molecule has 0 atom stereocenters. The van der Waals surface area contributed by atoms with E-state index in [1.165, 1.54) is 119 Å². The molecule has 0 radical (unpaired) electrons. The maximum Gasteiger partial charge on any atom is 0.168 e. The van der Waals surface area contributed by atoms with E-state index in [1.807, 2.05) is 140 Å². The van der Waals surface area contributed by atoms with E-state index in [4.69, 9.17) is 20.2 Å². The van der Waals surface area contributed by atoms with Gasteiger partial charge >= 0.3 is 0 Å². The van der Waals surface area contributed by atoms with E-state index < -0.39 is 0 Å². The van der Waals surface area contributed by atoms with Crippen molar-refractivity contribution in [2.75, 3.05) is 0 Å². The third-order valence-corrected chi connectivity index (χ3v) is 27.0.